The Labute approximate surface area is 202 Å². The van der Waals surface area contributed by atoms with Gasteiger partial charge in [-0.2, -0.15) is 5.10 Å². The molecule has 2 heterocycles. The Morgan fingerprint density at radius 1 is 0.943 bits per heavy atom. The van der Waals surface area contributed by atoms with Crippen molar-refractivity contribution in [2.75, 3.05) is 0 Å². The van der Waals surface area contributed by atoms with Crippen LogP contribution in [-0.4, -0.2) is 28.7 Å². The molecule has 0 radical (unpaired) electrons. The smallest absolute Gasteiger partial charge is 0.269 e. The predicted molar refractivity (Wildman–Crippen MR) is 135 cm³/mol. The maximum atomic E-state index is 11.7. The quantitative estimate of drug-likeness (QED) is 0.381. The summed E-state index contributed by atoms with van der Waals surface area (Å²) in [6.45, 7) is 2.55. The van der Waals surface area contributed by atoms with Gasteiger partial charge in [0.2, 0.25) is 10.0 Å². The van der Waals surface area contributed by atoms with Gasteiger partial charge in [-0.25, -0.2) is 18.2 Å². The van der Waals surface area contributed by atoms with Crippen molar-refractivity contribution in [2.45, 2.75) is 18.4 Å². The molecule has 8 nitrogen and oxygen atoms in total. The Morgan fingerprint density at radius 3 is 2.40 bits per heavy atom. The molecule has 35 heavy (non-hydrogen) atoms. The van der Waals surface area contributed by atoms with E-state index in [0.29, 0.717) is 6.54 Å². The van der Waals surface area contributed by atoms with Gasteiger partial charge in [0.05, 0.1) is 10.6 Å². The number of carbonyl (C=O) groups is 1. The van der Waals surface area contributed by atoms with Gasteiger partial charge in [0, 0.05) is 29.3 Å². The Kier molecular flexibility index (Phi) is 5.50. The van der Waals surface area contributed by atoms with E-state index in [1.54, 1.807) is 22.9 Å². The number of amides is 1. The van der Waals surface area contributed by atoms with Gasteiger partial charge in [0.25, 0.3) is 5.91 Å². The molecule has 3 aromatic carbocycles. The topological polar surface area (TPSA) is 126 Å². The van der Waals surface area contributed by atoms with Crippen molar-refractivity contribution in [3.8, 4) is 16.8 Å². The van der Waals surface area contributed by atoms with Crippen molar-refractivity contribution in [3.63, 3.8) is 0 Å². The second kappa shape index (κ2) is 8.53. The molecule has 5 aromatic rings. The van der Waals surface area contributed by atoms with Crippen LogP contribution in [0.15, 0.2) is 90.0 Å². The summed E-state index contributed by atoms with van der Waals surface area (Å²) in [7, 11) is -3.75. The maximum absolute atomic E-state index is 11.7. The third-order valence-electron chi connectivity index (χ3n) is 5.94. The summed E-state index contributed by atoms with van der Waals surface area (Å²) in [5.41, 5.74) is 11.1. The molecule has 0 unspecified atom stereocenters. The highest BCUT2D eigenvalue weighted by atomic mass is 32.2. The van der Waals surface area contributed by atoms with Crippen molar-refractivity contribution in [1.82, 2.24) is 14.3 Å². The molecule has 0 saturated carbocycles. The monoisotopic (exact) mass is 485 g/mol. The Balaban J connectivity index is 1.39. The lowest BCUT2D eigenvalue weighted by Gasteiger charge is -2.09. The summed E-state index contributed by atoms with van der Waals surface area (Å²) in [5, 5.41) is 10.6. The SMILES string of the molecule is Cc1cc(C(N)=O)nn1-c1ccc2c(ccn2Cc2ccc(-c3cccc(S(N)(=O)=O)c3)cc2)c1. The summed E-state index contributed by atoms with van der Waals surface area (Å²) in [6.07, 6.45) is 2.03. The van der Waals surface area contributed by atoms with Gasteiger partial charge < -0.3 is 10.3 Å². The minimum Gasteiger partial charge on any atom is -0.364 e. The number of primary amides is 1. The van der Waals surface area contributed by atoms with Gasteiger partial charge in [-0.1, -0.05) is 36.4 Å². The summed E-state index contributed by atoms with van der Waals surface area (Å²) in [6, 6.07) is 24.3. The first kappa shape index (κ1) is 22.6. The standard InChI is InChI=1S/C26H23N5O3S/c1-17-13-24(26(27)32)29-31(17)22-9-10-25-21(14-22)11-12-30(25)16-18-5-7-19(8-6-18)20-3-2-4-23(15-20)35(28,33)34/h2-15H,16H2,1H3,(H2,27,32)(H2,28,33,34). The molecule has 0 aliphatic carbocycles. The van der Waals surface area contributed by atoms with Crippen LogP contribution in [0.3, 0.4) is 0 Å². The van der Waals surface area contributed by atoms with Crippen LogP contribution in [0.5, 0.6) is 0 Å². The first-order valence-electron chi connectivity index (χ1n) is 10.9. The molecule has 0 aliphatic heterocycles. The second-order valence-corrected chi connectivity index (χ2v) is 9.96. The number of rotatable bonds is 6. The molecular formula is C26H23N5O3S. The number of aryl methyl sites for hydroxylation is 1. The Bertz CT molecular complexity index is 1680. The molecule has 1 amide bonds. The summed E-state index contributed by atoms with van der Waals surface area (Å²) in [4.78, 5) is 11.5. The lowest BCUT2D eigenvalue weighted by atomic mass is 10.0. The van der Waals surface area contributed by atoms with E-state index in [1.807, 2.05) is 67.7 Å². The van der Waals surface area contributed by atoms with Crippen LogP contribution >= 0.6 is 0 Å². The van der Waals surface area contributed by atoms with Gasteiger partial charge in [-0.15, -0.1) is 0 Å². The van der Waals surface area contributed by atoms with Crippen molar-refractivity contribution in [1.29, 1.82) is 0 Å². The molecule has 5 rings (SSSR count). The molecule has 4 N–H and O–H groups in total. The number of aromatic nitrogens is 3. The zero-order valence-electron chi connectivity index (χ0n) is 18.9. The van der Waals surface area contributed by atoms with Crippen LogP contribution in [0.2, 0.25) is 0 Å². The summed E-state index contributed by atoms with van der Waals surface area (Å²) < 4.78 is 27.2. The van der Waals surface area contributed by atoms with Gasteiger partial charge in [-0.05, 0) is 66.1 Å². The average Bonchev–Trinajstić information content (AvgIpc) is 3.42. The zero-order chi connectivity index (χ0) is 24.7. The van der Waals surface area contributed by atoms with Crippen LogP contribution in [0.25, 0.3) is 27.7 Å². The lowest BCUT2D eigenvalue weighted by molar-refractivity contribution is 0.0995. The van der Waals surface area contributed by atoms with Crippen LogP contribution in [-0.2, 0) is 16.6 Å². The van der Waals surface area contributed by atoms with E-state index in [0.717, 1.165) is 39.0 Å². The van der Waals surface area contributed by atoms with Crippen molar-refractivity contribution in [2.24, 2.45) is 10.9 Å². The minimum atomic E-state index is -3.75. The number of sulfonamides is 1. The van der Waals surface area contributed by atoms with Crippen molar-refractivity contribution >= 4 is 26.8 Å². The second-order valence-electron chi connectivity index (χ2n) is 8.40. The number of hydrogen-bond donors (Lipinski definition) is 2. The number of nitrogens with two attached hydrogens (primary N) is 2. The van der Waals surface area contributed by atoms with E-state index in [4.69, 9.17) is 10.9 Å². The molecule has 176 valence electrons. The molecule has 0 saturated heterocycles. The van der Waals surface area contributed by atoms with Gasteiger partial charge in [-0.3, -0.25) is 4.79 Å². The summed E-state index contributed by atoms with van der Waals surface area (Å²) in [5.74, 6) is -0.554. The number of hydrogen-bond acceptors (Lipinski definition) is 4. The first-order valence-corrected chi connectivity index (χ1v) is 12.4. The molecule has 9 heteroatoms. The van der Waals surface area contributed by atoms with E-state index in [9.17, 15) is 13.2 Å². The highest BCUT2D eigenvalue weighted by Crippen LogP contribution is 2.25. The molecule has 0 atom stereocenters. The van der Waals surface area contributed by atoms with Crippen LogP contribution < -0.4 is 10.9 Å². The third kappa shape index (κ3) is 4.46. The van der Waals surface area contributed by atoms with E-state index < -0.39 is 15.9 Å². The number of primary sulfonamides is 1. The minimum absolute atomic E-state index is 0.0911. The van der Waals surface area contributed by atoms with E-state index in [2.05, 4.69) is 9.67 Å². The first-order chi connectivity index (χ1) is 16.7. The Morgan fingerprint density at radius 2 is 1.71 bits per heavy atom. The molecule has 2 aromatic heterocycles. The van der Waals surface area contributed by atoms with E-state index in [1.165, 1.54) is 6.07 Å². The van der Waals surface area contributed by atoms with Crippen molar-refractivity contribution in [3.05, 3.63) is 102 Å². The normalized spacial score (nSPS) is 11.7. The number of fused-ring (bicyclic) bond motifs is 1. The lowest BCUT2D eigenvalue weighted by Crippen LogP contribution is -2.12. The molecule has 0 bridgehead atoms. The fraction of sp³-hybridized carbons (Fsp3) is 0.0769. The van der Waals surface area contributed by atoms with Crippen LogP contribution in [0.4, 0.5) is 0 Å². The molecule has 0 fully saturated rings. The Hall–Kier alpha value is -4.21. The van der Waals surface area contributed by atoms with E-state index >= 15 is 0 Å². The summed E-state index contributed by atoms with van der Waals surface area (Å²) >= 11 is 0. The average molecular weight is 486 g/mol. The highest BCUT2D eigenvalue weighted by Gasteiger charge is 2.12. The zero-order valence-corrected chi connectivity index (χ0v) is 19.7. The third-order valence-corrected chi connectivity index (χ3v) is 6.85. The predicted octanol–water partition coefficient (Wildman–Crippen LogP) is 3.60. The van der Waals surface area contributed by atoms with Gasteiger partial charge in [0.15, 0.2) is 5.69 Å². The van der Waals surface area contributed by atoms with Crippen molar-refractivity contribution < 1.29 is 13.2 Å². The highest BCUT2D eigenvalue weighted by molar-refractivity contribution is 7.89. The molecular weight excluding hydrogens is 462 g/mol. The maximum Gasteiger partial charge on any atom is 0.269 e. The van der Waals surface area contributed by atoms with Crippen LogP contribution in [0.1, 0.15) is 21.7 Å². The molecule has 0 aliphatic rings. The number of benzene rings is 3. The number of carbonyl (C=O) groups excluding carboxylic acids is 1. The van der Waals surface area contributed by atoms with E-state index in [-0.39, 0.29) is 10.6 Å². The van der Waals surface area contributed by atoms with Crippen LogP contribution in [0, 0.1) is 6.92 Å². The largest absolute Gasteiger partial charge is 0.364 e. The van der Waals surface area contributed by atoms with Gasteiger partial charge in [0.1, 0.15) is 0 Å². The number of nitrogens with zero attached hydrogens (tertiary/aromatic N) is 3. The fourth-order valence-corrected chi connectivity index (χ4v) is 4.72. The van der Waals surface area contributed by atoms with Gasteiger partial charge >= 0.3 is 0 Å². The fourth-order valence-electron chi connectivity index (χ4n) is 4.17. The molecule has 0 spiro atoms.